The van der Waals surface area contributed by atoms with Gasteiger partial charge in [-0.1, -0.05) is 0 Å². The second kappa shape index (κ2) is 9.47. The summed E-state index contributed by atoms with van der Waals surface area (Å²) in [6.07, 6.45) is 2.30. The van der Waals surface area contributed by atoms with Crippen molar-refractivity contribution in [1.82, 2.24) is 15.2 Å². The van der Waals surface area contributed by atoms with E-state index in [1.807, 2.05) is 6.92 Å². The summed E-state index contributed by atoms with van der Waals surface area (Å²) in [4.78, 5) is 35.0. The number of nitrogens with one attached hydrogen (secondary N) is 2. The molecule has 0 spiro atoms. The van der Waals surface area contributed by atoms with Crippen molar-refractivity contribution in [2.75, 3.05) is 5.01 Å². The van der Waals surface area contributed by atoms with Crippen LogP contribution in [0, 0.1) is 12.8 Å². The van der Waals surface area contributed by atoms with Gasteiger partial charge in [0, 0.05) is 17.7 Å². The molecule has 3 atom stereocenters. The number of anilines is 1. The van der Waals surface area contributed by atoms with Crippen LogP contribution in [0.1, 0.15) is 38.9 Å². The highest BCUT2D eigenvalue weighted by atomic mass is 16.4. The Balaban J connectivity index is 1.54. The molecule has 10 heteroatoms. The van der Waals surface area contributed by atoms with Crippen molar-refractivity contribution in [3.63, 3.8) is 0 Å². The fraction of sp³-hybridized carbons (Fsp3) is 0.200. The molecule has 0 radical (unpaired) electrons. The van der Waals surface area contributed by atoms with Crippen LogP contribution in [0.15, 0.2) is 65.1 Å². The molecule has 10 nitrogen and oxygen atoms in total. The molecule has 1 fully saturated rings. The van der Waals surface area contributed by atoms with Crippen LogP contribution in [0.4, 0.5) is 5.69 Å². The van der Waals surface area contributed by atoms with Gasteiger partial charge in [-0.15, -0.1) is 5.73 Å². The average Bonchev–Trinajstić information content (AvgIpc) is 3.28. The maximum absolute atomic E-state index is 12.9. The van der Waals surface area contributed by atoms with E-state index in [0.29, 0.717) is 22.6 Å². The van der Waals surface area contributed by atoms with Crippen LogP contribution in [0.25, 0.3) is 11.8 Å². The van der Waals surface area contributed by atoms with Crippen molar-refractivity contribution in [3.8, 4) is 5.69 Å². The fourth-order valence-electron chi connectivity index (χ4n) is 3.94. The topological polar surface area (TPSA) is 148 Å². The van der Waals surface area contributed by atoms with E-state index in [2.05, 4.69) is 16.3 Å². The molecule has 0 bridgehead atoms. The molecule has 1 aliphatic heterocycles. The lowest BCUT2D eigenvalue weighted by Crippen LogP contribution is -2.39. The first-order chi connectivity index (χ1) is 16.7. The summed E-state index contributed by atoms with van der Waals surface area (Å²) < 4.78 is 1.32. The number of aliphatic hydroxyl groups excluding tert-OH is 1. The number of aromatic nitrogens is 2. The molecule has 1 aliphatic rings. The van der Waals surface area contributed by atoms with Crippen LogP contribution in [0.2, 0.25) is 0 Å². The highest BCUT2D eigenvalue weighted by Gasteiger charge is 2.36. The monoisotopic (exact) mass is 476 g/mol. The summed E-state index contributed by atoms with van der Waals surface area (Å²) in [6, 6.07) is 11.9. The first-order valence-corrected chi connectivity index (χ1v) is 10.8. The highest BCUT2D eigenvalue weighted by molar-refractivity contribution is 5.88. The van der Waals surface area contributed by atoms with Crippen LogP contribution in [-0.2, 0) is 0 Å². The smallest absolute Gasteiger partial charge is 0.335 e. The zero-order valence-corrected chi connectivity index (χ0v) is 19.0. The number of aromatic carboxylic acids is 2. The molecule has 0 saturated carbocycles. The number of aromatic amines is 1. The average molecular weight is 476 g/mol. The van der Waals surface area contributed by atoms with E-state index >= 15 is 0 Å². The molecule has 35 heavy (non-hydrogen) atoms. The van der Waals surface area contributed by atoms with Crippen molar-refractivity contribution in [2.24, 2.45) is 5.92 Å². The summed E-state index contributed by atoms with van der Waals surface area (Å²) in [7, 11) is 0. The van der Waals surface area contributed by atoms with Gasteiger partial charge >= 0.3 is 11.9 Å². The van der Waals surface area contributed by atoms with Crippen LogP contribution in [-0.4, -0.2) is 49.3 Å². The first-order valence-electron chi connectivity index (χ1n) is 10.8. The molecule has 0 aliphatic carbocycles. The normalized spacial score (nSPS) is 19.3. The number of carboxylic acid groups (broad SMARTS) is 2. The molecule has 2 aromatic carbocycles. The summed E-state index contributed by atoms with van der Waals surface area (Å²) in [5.74, 6) is -2.42. The molecule has 3 unspecified atom stereocenters. The van der Waals surface area contributed by atoms with Gasteiger partial charge in [0.05, 0.1) is 28.1 Å². The fourth-order valence-corrected chi connectivity index (χ4v) is 3.94. The van der Waals surface area contributed by atoms with Gasteiger partial charge in [0.2, 0.25) is 0 Å². The van der Waals surface area contributed by atoms with E-state index in [9.17, 15) is 19.5 Å². The SMILES string of the molecule is Cc1[nH]n(-c2ccc(C(=O)O)cc2)c(=O)c1C=C=CC1C(C)NN(c2ccc(C(=O)O)cc2)C1O. The minimum Gasteiger partial charge on any atom is -0.478 e. The van der Waals surface area contributed by atoms with Gasteiger partial charge in [0.15, 0.2) is 0 Å². The number of nitrogens with zero attached hydrogens (tertiary/aromatic N) is 2. The van der Waals surface area contributed by atoms with Crippen molar-refractivity contribution in [1.29, 1.82) is 0 Å². The molecule has 180 valence electrons. The Morgan fingerprint density at radius 1 is 0.971 bits per heavy atom. The van der Waals surface area contributed by atoms with E-state index in [1.165, 1.54) is 28.9 Å². The second-order valence-corrected chi connectivity index (χ2v) is 8.25. The number of rotatable bonds is 6. The minimum atomic E-state index is -1.05. The third-order valence-corrected chi connectivity index (χ3v) is 5.93. The number of hydrogen-bond acceptors (Lipinski definition) is 6. The van der Waals surface area contributed by atoms with Gasteiger partial charge in [0.25, 0.3) is 5.56 Å². The first kappa shape index (κ1) is 23.8. The number of H-pyrrole nitrogens is 1. The highest BCUT2D eigenvalue weighted by Crippen LogP contribution is 2.27. The number of carboxylic acids is 2. The predicted molar refractivity (Wildman–Crippen MR) is 129 cm³/mol. The number of hydrazine groups is 1. The number of hydrogen-bond donors (Lipinski definition) is 5. The van der Waals surface area contributed by atoms with Gasteiger partial charge in [-0.2, -0.15) is 0 Å². The third-order valence-electron chi connectivity index (χ3n) is 5.93. The van der Waals surface area contributed by atoms with E-state index in [0.717, 1.165) is 0 Å². The van der Waals surface area contributed by atoms with Crippen molar-refractivity contribution >= 4 is 23.7 Å². The van der Waals surface area contributed by atoms with Gasteiger partial charge in [-0.05, 0) is 74.5 Å². The summed E-state index contributed by atoms with van der Waals surface area (Å²) >= 11 is 0. The van der Waals surface area contributed by atoms with Crippen LogP contribution in [0.3, 0.4) is 0 Å². The Kier molecular flexibility index (Phi) is 6.44. The molecule has 0 amide bonds. The summed E-state index contributed by atoms with van der Waals surface area (Å²) in [5, 5.41) is 33.5. The van der Waals surface area contributed by atoms with Gasteiger partial charge in [0.1, 0.15) is 6.23 Å². The summed E-state index contributed by atoms with van der Waals surface area (Å²) in [5.41, 5.74) is 8.24. The molecule has 4 rings (SSSR count). The number of aryl methyl sites for hydroxylation is 1. The van der Waals surface area contributed by atoms with Gasteiger partial charge < -0.3 is 15.3 Å². The Labute approximate surface area is 200 Å². The zero-order valence-electron chi connectivity index (χ0n) is 19.0. The zero-order chi connectivity index (χ0) is 25.3. The van der Waals surface area contributed by atoms with E-state index in [-0.39, 0.29) is 28.6 Å². The Morgan fingerprint density at radius 3 is 2.06 bits per heavy atom. The molecular weight excluding hydrogens is 452 g/mol. The van der Waals surface area contributed by atoms with Gasteiger partial charge in [-0.25, -0.2) is 19.7 Å². The standard InChI is InChI=1S/C25H24N4O6/c1-14-20(22(30)28(26-14)18-10-6-16(7-11-18)24(32)33)4-3-5-21-15(2)27-29(23(21)31)19-12-8-17(9-13-19)25(34)35/h4-14,20,22,26-27,30H,1-2H3,(H,32,33)(H,34,35). The molecular formula is C25H24N4O6. The van der Waals surface area contributed by atoms with Crippen molar-refractivity contribution < 1.29 is 24.9 Å². The quantitative estimate of drug-likeness (QED) is 0.341. The Morgan fingerprint density at radius 2 is 1.51 bits per heavy atom. The Bertz CT molecular complexity index is 1380. The summed E-state index contributed by atoms with van der Waals surface area (Å²) in [6.45, 7) is 3.64. The van der Waals surface area contributed by atoms with Crippen LogP contribution in [0.5, 0.6) is 0 Å². The predicted octanol–water partition coefficient (Wildman–Crippen LogP) is 2.39. The van der Waals surface area contributed by atoms with E-state index < -0.39 is 18.2 Å². The minimum absolute atomic E-state index is 0.123. The maximum atomic E-state index is 12.9. The number of carbonyl (C=O) groups is 2. The maximum Gasteiger partial charge on any atom is 0.335 e. The van der Waals surface area contributed by atoms with E-state index in [4.69, 9.17) is 10.2 Å². The largest absolute Gasteiger partial charge is 0.478 e. The van der Waals surface area contributed by atoms with Crippen LogP contribution >= 0.6 is 0 Å². The third kappa shape index (κ3) is 4.67. The van der Waals surface area contributed by atoms with Crippen molar-refractivity contribution in [3.05, 3.63) is 93.1 Å². The molecule has 1 aromatic heterocycles. The lowest BCUT2D eigenvalue weighted by atomic mass is 10.0. The van der Waals surface area contributed by atoms with E-state index in [1.54, 1.807) is 48.4 Å². The number of aliphatic hydroxyl groups is 1. The van der Waals surface area contributed by atoms with Crippen molar-refractivity contribution in [2.45, 2.75) is 26.1 Å². The second-order valence-electron chi connectivity index (χ2n) is 8.25. The molecule has 5 N–H and O–H groups in total. The van der Waals surface area contributed by atoms with Crippen LogP contribution < -0.4 is 16.0 Å². The number of benzene rings is 2. The Hall–Kier alpha value is -4.37. The van der Waals surface area contributed by atoms with Gasteiger partial charge in [-0.3, -0.25) is 14.9 Å². The lowest BCUT2D eigenvalue weighted by Gasteiger charge is -2.23. The molecule has 3 aromatic rings. The lowest BCUT2D eigenvalue weighted by molar-refractivity contribution is 0.0686. The molecule has 1 saturated heterocycles. The molecule has 2 heterocycles.